The van der Waals surface area contributed by atoms with E-state index in [1.54, 1.807) is 18.2 Å². The van der Waals surface area contributed by atoms with E-state index in [2.05, 4.69) is 4.98 Å². The van der Waals surface area contributed by atoms with E-state index in [-0.39, 0.29) is 17.0 Å². The summed E-state index contributed by atoms with van der Waals surface area (Å²) >= 11 is 0. The zero-order chi connectivity index (χ0) is 15.0. The average Bonchev–Trinajstić information content (AvgIpc) is 2.57. The molecule has 0 aromatic carbocycles. The molecule has 1 aromatic rings. The van der Waals surface area contributed by atoms with Crippen LogP contribution in [0.25, 0.3) is 6.08 Å². The number of hydrogen-bond donors (Lipinski definition) is 1. The average molecular weight is 274 g/mol. The molecule has 1 aromatic heterocycles. The van der Waals surface area contributed by atoms with Gasteiger partial charge < -0.3 is 15.0 Å². The van der Waals surface area contributed by atoms with Crippen LogP contribution in [0.3, 0.4) is 0 Å². The van der Waals surface area contributed by atoms with Crippen LogP contribution in [0.5, 0.6) is 0 Å². The van der Waals surface area contributed by atoms with Crippen molar-refractivity contribution in [2.24, 2.45) is 0 Å². The quantitative estimate of drug-likeness (QED) is 0.675. The monoisotopic (exact) mass is 274 g/mol. The van der Waals surface area contributed by atoms with E-state index in [1.807, 2.05) is 33.8 Å². The third kappa shape index (κ3) is 2.76. The van der Waals surface area contributed by atoms with Gasteiger partial charge in [-0.25, -0.2) is 4.98 Å². The highest BCUT2D eigenvalue weighted by molar-refractivity contribution is 6.52. The molecule has 0 radical (unpaired) electrons. The summed E-state index contributed by atoms with van der Waals surface area (Å²) in [4.78, 5) is 14.8. The lowest BCUT2D eigenvalue weighted by molar-refractivity contribution is 0.00578. The van der Waals surface area contributed by atoms with Gasteiger partial charge in [0, 0.05) is 6.20 Å². The molecule has 6 heteroatoms. The minimum atomic E-state index is -0.419. The lowest BCUT2D eigenvalue weighted by Gasteiger charge is -2.32. The lowest BCUT2D eigenvalue weighted by Crippen LogP contribution is -2.41. The first-order valence-corrected chi connectivity index (χ1v) is 6.50. The smallest absolute Gasteiger partial charge is 0.400 e. The van der Waals surface area contributed by atoms with Gasteiger partial charge in [0.25, 0.3) is 0 Å². The molecule has 20 heavy (non-hydrogen) atoms. The molecule has 2 N–H and O–H groups in total. The fourth-order valence-electron chi connectivity index (χ4n) is 1.85. The SMILES string of the molecule is CC1(C)OB(/C=C/c2cnc(N)c(C=O)c2)OC1(C)C. The Bertz CT molecular complexity index is 539. The third-order valence-corrected chi connectivity index (χ3v) is 3.81. The number of anilines is 1. The normalized spacial score (nSPS) is 20.5. The maximum Gasteiger partial charge on any atom is 0.487 e. The zero-order valence-electron chi connectivity index (χ0n) is 12.2. The van der Waals surface area contributed by atoms with Gasteiger partial charge in [-0.2, -0.15) is 0 Å². The Morgan fingerprint density at radius 1 is 1.25 bits per heavy atom. The molecule has 1 aliphatic rings. The molecule has 0 aliphatic carbocycles. The van der Waals surface area contributed by atoms with Crippen molar-refractivity contribution in [2.45, 2.75) is 38.9 Å². The highest BCUT2D eigenvalue weighted by atomic mass is 16.7. The van der Waals surface area contributed by atoms with Crippen molar-refractivity contribution >= 4 is 25.3 Å². The Labute approximate surface area is 119 Å². The minimum absolute atomic E-state index is 0.229. The Kier molecular flexibility index (Phi) is 3.71. The summed E-state index contributed by atoms with van der Waals surface area (Å²) in [6.07, 6.45) is 4.10. The number of carbonyl (C=O) groups excluding carboxylic acids is 1. The predicted molar refractivity (Wildman–Crippen MR) is 79.2 cm³/mol. The van der Waals surface area contributed by atoms with E-state index in [1.165, 1.54) is 0 Å². The first kappa shape index (κ1) is 14.7. The molecule has 1 fully saturated rings. The van der Waals surface area contributed by atoms with Crippen LogP contribution in [0.2, 0.25) is 0 Å². The minimum Gasteiger partial charge on any atom is -0.400 e. The Balaban J connectivity index is 2.13. The maximum atomic E-state index is 10.8. The van der Waals surface area contributed by atoms with E-state index < -0.39 is 7.12 Å². The second-order valence-electron chi connectivity index (χ2n) is 5.84. The summed E-state index contributed by atoms with van der Waals surface area (Å²) in [5, 5.41) is 0. The maximum absolute atomic E-state index is 10.8. The van der Waals surface area contributed by atoms with Crippen LogP contribution in [0.15, 0.2) is 18.2 Å². The molecule has 2 heterocycles. The van der Waals surface area contributed by atoms with Gasteiger partial charge in [-0.1, -0.05) is 12.1 Å². The molecule has 1 saturated heterocycles. The van der Waals surface area contributed by atoms with Gasteiger partial charge in [0.1, 0.15) is 5.82 Å². The summed E-state index contributed by atoms with van der Waals surface area (Å²) in [6, 6.07) is 1.68. The molecular formula is C14H19BN2O3. The highest BCUT2D eigenvalue weighted by Gasteiger charge is 2.49. The van der Waals surface area contributed by atoms with Crippen LogP contribution in [-0.2, 0) is 9.31 Å². The molecule has 5 nitrogen and oxygen atoms in total. The molecule has 1 aliphatic heterocycles. The van der Waals surface area contributed by atoms with E-state index in [0.29, 0.717) is 11.8 Å². The van der Waals surface area contributed by atoms with Crippen molar-refractivity contribution in [3.05, 3.63) is 29.4 Å². The molecule has 0 atom stereocenters. The topological polar surface area (TPSA) is 74.4 Å². The lowest BCUT2D eigenvalue weighted by atomic mass is 9.89. The summed E-state index contributed by atoms with van der Waals surface area (Å²) in [5.41, 5.74) is 5.99. The molecule has 0 amide bonds. The van der Waals surface area contributed by atoms with Crippen LogP contribution in [0.1, 0.15) is 43.6 Å². The third-order valence-electron chi connectivity index (χ3n) is 3.81. The van der Waals surface area contributed by atoms with Crippen molar-refractivity contribution in [3.8, 4) is 0 Å². The van der Waals surface area contributed by atoms with Gasteiger partial charge in [0.15, 0.2) is 6.29 Å². The number of aldehydes is 1. The van der Waals surface area contributed by atoms with Crippen molar-refractivity contribution in [2.75, 3.05) is 5.73 Å². The number of hydrogen-bond acceptors (Lipinski definition) is 5. The summed E-state index contributed by atoms with van der Waals surface area (Å²) in [5.74, 6) is 2.03. The van der Waals surface area contributed by atoms with Gasteiger partial charge >= 0.3 is 7.12 Å². The number of nitrogens with two attached hydrogens (primary N) is 1. The number of nitrogen functional groups attached to an aromatic ring is 1. The summed E-state index contributed by atoms with van der Waals surface area (Å²) in [7, 11) is -0.419. The van der Waals surface area contributed by atoms with E-state index in [0.717, 1.165) is 5.56 Å². The van der Waals surface area contributed by atoms with Crippen LogP contribution < -0.4 is 5.73 Å². The first-order valence-electron chi connectivity index (χ1n) is 6.50. The molecule has 0 bridgehead atoms. The van der Waals surface area contributed by atoms with E-state index >= 15 is 0 Å². The highest BCUT2D eigenvalue weighted by Crippen LogP contribution is 2.37. The number of nitrogens with zero attached hydrogens (tertiary/aromatic N) is 1. The molecule has 106 valence electrons. The molecule has 0 unspecified atom stereocenters. The zero-order valence-corrected chi connectivity index (χ0v) is 12.2. The van der Waals surface area contributed by atoms with Crippen LogP contribution in [0, 0.1) is 0 Å². The van der Waals surface area contributed by atoms with E-state index in [4.69, 9.17) is 15.0 Å². The Morgan fingerprint density at radius 2 is 1.85 bits per heavy atom. The Morgan fingerprint density at radius 3 is 2.40 bits per heavy atom. The molecular weight excluding hydrogens is 255 g/mol. The van der Waals surface area contributed by atoms with Gasteiger partial charge in [-0.05, 0) is 39.3 Å². The molecule has 0 saturated carbocycles. The first-order chi connectivity index (χ1) is 9.25. The van der Waals surface area contributed by atoms with Crippen LogP contribution in [0.4, 0.5) is 5.82 Å². The molecule has 0 spiro atoms. The standard InChI is InChI=1S/C14H19BN2O3/c1-13(2)14(3,4)20-15(19-13)6-5-10-7-11(9-18)12(16)17-8-10/h5-9H,1-4H3,(H2,16,17)/b6-5+. The number of pyridine rings is 1. The molecule has 2 rings (SSSR count). The number of carbonyl (C=O) groups is 1. The van der Waals surface area contributed by atoms with Crippen molar-refractivity contribution in [1.82, 2.24) is 4.98 Å². The summed E-state index contributed by atoms with van der Waals surface area (Å²) in [6.45, 7) is 7.98. The van der Waals surface area contributed by atoms with Crippen molar-refractivity contribution in [1.29, 1.82) is 0 Å². The van der Waals surface area contributed by atoms with Gasteiger partial charge in [-0.15, -0.1) is 0 Å². The fraction of sp³-hybridized carbons (Fsp3) is 0.429. The Hall–Kier alpha value is -1.66. The summed E-state index contributed by atoms with van der Waals surface area (Å²) < 4.78 is 11.7. The van der Waals surface area contributed by atoms with E-state index in [9.17, 15) is 4.79 Å². The number of aromatic nitrogens is 1. The van der Waals surface area contributed by atoms with Gasteiger partial charge in [0.2, 0.25) is 0 Å². The van der Waals surface area contributed by atoms with Gasteiger partial charge in [0.05, 0.1) is 16.8 Å². The fourth-order valence-corrected chi connectivity index (χ4v) is 1.85. The van der Waals surface area contributed by atoms with Crippen LogP contribution in [-0.4, -0.2) is 29.6 Å². The second-order valence-corrected chi connectivity index (χ2v) is 5.84. The number of rotatable bonds is 3. The van der Waals surface area contributed by atoms with Crippen molar-refractivity contribution in [3.63, 3.8) is 0 Å². The van der Waals surface area contributed by atoms with Crippen LogP contribution >= 0.6 is 0 Å². The van der Waals surface area contributed by atoms with Crippen molar-refractivity contribution < 1.29 is 14.1 Å². The largest absolute Gasteiger partial charge is 0.487 e. The van der Waals surface area contributed by atoms with Gasteiger partial charge in [-0.3, -0.25) is 4.79 Å². The second kappa shape index (κ2) is 5.03. The predicted octanol–water partition coefficient (Wildman–Crippen LogP) is 2.12.